The van der Waals surface area contributed by atoms with Crippen LogP contribution in [0.25, 0.3) is 10.2 Å². The van der Waals surface area contributed by atoms with Crippen LogP contribution in [0.3, 0.4) is 0 Å². The van der Waals surface area contributed by atoms with E-state index in [0.717, 1.165) is 28.3 Å². The summed E-state index contributed by atoms with van der Waals surface area (Å²) in [5.41, 5.74) is 6.91. The van der Waals surface area contributed by atoms with Gasteiger partial charge in [0.2, 0.25) is 0 Å². The van der Waals surface area contributed by atoms with Crippen LogP contribution in [-0.2, 0) is 11.3 Å². The van der Waals surface area contributed by atoms with Crippen molar-refractivity contribution in [3.8, 4) is 0 Å². The number of nitrogens with two attached hydrogens (primary N) is 1. The maximum Gasteiger partial charge on any atom is 0.191 e. The van der Waals surface area contributed by atoms with Crippen LogP contribution in [0.1, 0.15) is 5.01 Å². The molecule has 0 radical (unpaired) electrons. The van der Waals surface area contributed by atoms with Gasteiger partial charge in [-0.1, -0.05) is 11.6 Å². The second-order valence-electron chi connectivity index (χ2n) is 4.49. The van der Waals surface area contributed by atoms with Crippen molar-refractivity contribution in [2.24, 2.45) is 10.7 Å². The SMILES string of the molecule is NC(=NCc1nc2cc(Cl)ccc2s1)N1CCOCC1. The summed E-state index contributed by atoms with van der Waals surface area (Å²) in [6.45, 7) is 3.50. The summed E-state index contributed by atoms with van der Waals surface area (Å²) in [6, 6.07) is 5.72. The van der Waals surface area contributed by atoms with Gasteiger partial charge in [-0.15, -0.1) is 11.3 Å². The number of halogens is 1. The smallest absolute Gasteiger partial charge is 0.191 e. The average molecular weight is 311 g/mol. The van der Waals surface area contributed by atoms with Crippen LogP contribution in [0.2, 0.25) is 5.02 Å². The number of ether oxygens (including phenoxy) is 1. The lowest BCUT2D eigenvalue weighted by Gasteiger charge is -2.27. The highest BCUT2D eigenvalue weighted by atomic mass is 35.5. The average Bonchev–Trinajstić information content (AvgIpc) is 2.87. The molecule has 1 fully saturated rings. The fourth-order valence-corrected chi connectivity index (χ4v) is 3.10. The Morgan fingerprint density at radius 2 is 2.25 bits per heavy atom. The molecule has 0 amide bonds. The van der Waals surface area contributed by atoms with Gasteiger partial charge in [-0.25, -0.2) is 9.98 Å². The molecule has 0 saturated carbocycles. The van der Waals surface area contributed by atoms with Crippen molar-refractivity contribution < 1.29 is 4.74 Å². The van der Waals surface area contributed by atoms with Crippen molar-refractivity contribution in [3.63, 3.8) is 0 Å². The number of nitrogens with zero attached hydrogens (tertiary/aromatic N) is 3. The zero-order valence-electron chi connectivity index (χ0n) is 10.9. The van der Waals surface area contributed by atoms with Gasteiger partial charge in [0.05, 0.1) is 30.0 Å². The van der Waals surface area contributed by atoms with Crippen LogP contribution in [0.5, 0.6) is 0 Å². The molecule has 0 bridgehead atoms. The predicted molar refractivity (Wildman–Crippen MR) is 82.3 cm³/mol. The number of hydrogen-bond acceptors (Lipinski definition) is 4. The monoisotopic (exact) mass is 310 g/mol. The lowest BCUT2D eigenvalue weighted by molar-refractivity contribution is 0.0674. The van der Waals surface area contributed by atoms with Gasteiger partial charge >= 0.3 is 0 Å². The molecule has 0 atom stereocenters. The second-order valence-corrected chi connectivity index (χ2v) is 6.05. The van der Waals surface area contributed by atoms with Gasteiger partial charge in [-0.2, -0.15) is 0 Å². The van der Waals surface area contributed by atoms with Crippen LogP contribution in [0.4, 0.5) is 0 Å². The Bertz CT molecular complexity index is 636. The molecule has 106 valence electrons. The Kier molecular flexibility index (Phi) is 4.05. The number of fused-ring (bicyclic) bond motifs is 1. The first kappa shape index (κ1) is 13.6. The quantitative estimate of drug-likeness (QED) is 0.681. The van der Waals surface area contributed by atoms with Gasteiger partial charge in [0.1, 0.15) is 5.01 Å². The predicted octanol–water partition coefficient (Wildman–Crippen LogP) is 2.10. The Morgan fingerprint density at radius 1 is 1.45 bits per heavy atom. The first-order chi connectivity index (χ1) is 9.72. The third kappa shape index (κ3) is 3.03. The molecule has 1 aromatic heterocycles. The third-order valence-electron chi connectivity index (χ3n) is 3.11. The Hall–Kier alpha value is -1.37. The number of hydrogen-bond donors (Lipinski definition) is 1. The van der Waals surface area contributed by atoms with E-state index in [9.17, 15) is 0 Å². The molecular weight excluding hydrogens is 296 g/mol. The van der Waals surface area contributed by atoms with Crippen LogP contribution in [-0.4, -0.2) is 42.1 Å². The molecule has 1 aliphatic rings. The topological polar surface area (TPSA) is 63.7 Å². The van der Waals surface area contributed by atoms with Crippen LogP contribution in [0.15, 0.2) is 23.2 Å². The summed E-state index contributed by atoms with van der Waals surface area (Å²) in [5.74, 6) is 0.561. The second kappa shape index (κ2) is 5.95. The summed E-state index contributed by atoms with van der Waals surface area (Å²) in [5, 5.41) is 1.64. The van der Waals surface area contributed by atoms with Gasteiger partial charge in [-0.3, -0.25) is 0 Å². The van der Waals surface area contributed by atoms with Crippen molar-refractivity contribution in [3.05, 3.63) is 28.2 Å². The third-order valence-corrected chi connectivity index (χ3v) is 4.36. The van der Waals surface area contributed by atoms with E-state index in [1.54, 1.807) is 11.3 Å². The van der Waals surface area contributed by atoms with Crippen LogP contribution < -0.4 is 5.73 Å². The highest BCUT2D eigenvalue weighted by molar-refractivity contribution is 7.18. The maximum atomic E-state index is 5.99. The Labute approximate surface area is 126 Å². The molecule has 20 heavy (non-hydrogen) atoms. The first-order valence-electron chi connectivity index (χ1n) is 6.40. The normalized spacial score (nSPS) is 16.9. The standard InChI is InChI=1S/C13H15ClN4OS/c14-9-1-2-11-10(7-9)17-12(20-11)8-16-13(15)18-3-5-19-6-4-18/h1-2,7H,3-6,8H2,(H2,15,16). The molecule has 3 rings (SSSR count). The van der Waals surface area contributed by atoms with Crippen molar-refractivity contribution in [2.45, 2.75) is 6.54 Å². The molecule has 5 nitrogen and oxygen atoms in total. The van der Waals surface area contributed by atoms with Crippen molar-refractivity contribution in [1.29, 1.82) is 0 Å². The van der Waals surface area contributed by atoms with E-state index in [1.165, 1.54) is 0 Å². The van der Waals surface area contributed by atoms with E-state index in [2.05, 4.69) is 9.98 Å². The van der Waals surface area contributed by atoms with Crippen LogP contribution in [0, 0.1) is 0 Å². The molecule has 2 N–H and O–H groups in total. The van der Waals surface area contributed by atoms with Crippen molar-refractivity contribution in [1.82, 2.24) is 9.88 Å². The van der Waals surface area contributed by atoms with Gasteiger partial charge in [0, 0.05) is 18.1 Å². The fraction of sp³-hybridized carbons (Fsp3) is 0.385. The highest BCUT2D eigenvalue weighted by Gasteiger charge is 2.12. The minimum Gasteiger partial charge on any atom is -0.378 e. The zero-order valence-corrected chi connectivity index (χ0v) is 12.5. The van der Waals surface area contributed by atoms with E-state index in [0.29, 0.717) is 30.7 Å². The number of thiazole rings is 1. The number of benzene rings is 1. The molecule has 7 heteroatoms. The van der Waals surface area contributed by atoms with Crippen LogP contribution >= 0.6 is 22.9 Å². The molecule has 2 aromatic rings. The van der Waals surface area contributed by atoms with E-state index >= 15 is 0 Å². The number of aromatic nitrogens is 1. The molecule has 2 heterocycles. The zero-order chi connectivity index (χ0) is 13.9. The summed E-state index contributed by atoms with van der Waals surface area (Å²) >= 11 is 7.57. The van der Waals surface area contributed by atoms with Gasteiger partial charge in [0.15, 0.2) is 5.96 Å². The van der Waals surface area contributed by atoms with Gasteiger partial charge < -0.3 is 15.4 Å². The van der Waals surface area contributed by atoms with Gasteiger partial charge in [-0.05, 0) is 18.2 Å². The Balaban J connectivity index is 1.72. The summed E-state index contributed by atoms with van der Waals surface area (Å²) in [7, 11) is 0. The minimum atomic E-state index is 0.500. The molecular formula is C13H15ClN4OS. The number of morpholine rings is 1. The molecule has 1 aliphatic heterocycles. The number of guanidine groups is 1. The lowest BCUT2D eigenvalue weighted by Crippen LogP contribution is -2.44. The fourth-order valence-electron chi connectivity index (χ4n) is 2.06. The molecule has 1 saturated heterocycles. The number of rotatable bonds is 2. The summed E-state index contributed by atoms with van der Waals surface area (Å²) in [6.07, 6.45) is 0. The molecule has 0 unspecified atom stereocenters. The maximum absolute atomic E-state index is 5.99. The summed E-state index contributed by atoms with van der Waals surface area (Å²) < 4.78 is 6.40. The lowest BCUT2D eigenvalue weighted by atomic mass is 10.3. The first-order valence-corrected chi connectivity index (χ1v) is 7.59. The summed E-state index contributed by atoms with van der Waals surface area (Å²) in [4.78, 5) is 11.0. The molecule has 1 aromatic carbocycles. The van der Waals surface area contributed by atoms with E-state index < -0.39 is 0 Å². The highest BCUT2D eigenvalue weighted by Crippen LogP contribution is 2.25. The molecule has 0 spiro atoms. The number of aliphatic imine (C=N–C) groups is 1. The van der Waals surface area contributed by atoms with E-state index in [4.69, 9.17) is 22.1 Å². The minimum absolute atomic E-state index is 0.500. The Morgan fingerprint density at radius 3 is 3.05 bits per heavy atom. The van der Waals surface area contributed by atoms with E-state index in [1.807, 2.05) is 23.1 Å². The van der Waals surface area contributed by atoms with Crippen molar-refractivity contribution >= 4 is 39.1 Å². The van der Waals surface area contributed by atoms with E-state index in [-0.39, 0.29) is 0 Å². The largest absolute Gasteiger partial charge is 0.378 e. The molecule has 0 aliphatic carbocycles. The van der Waals surface area contributed by atoms with Crippen molar-refractivity contribution in [2.75, 3.05) is 26.3 Å². The van der Waals surface area contributed by atoms with Gasteiger partial charge in [0.25, 0.3) is 0 Å².